The fourth-order valence-electron chi connectivity index (χ4n) is 3.20. The van der Waals surface area contributed by atoms with Crippen LogP contribution in [0.3, 0.4) is 0 Å². The van der Waals surface area contributed by atoms with Gasteiger partial charge in [0.15, 0.2) is 0 Å². The Morgan fingerprint density at radius 2 is 2.08 bits per heavy atom. The summed E-state index contributed by atoms with van der Waals surface area (Å²) in [7, 11) is -3.56. The molecule has 1 heterocycles. The van der Waals surface area contributed by atoms with Gasteiger partial charge in [-0.05, 0) is 44.4 Å². The van der Waals surface area contributed by atoms with Crippen molar-refractivity contribution in [1.29, 1.82) is 0 Å². The lowest BCUT2D eigenvalue weighted by molar-refractivity contribution is 0.296. The summed E-state index contributed by atoms with van der Waals surface area (Å²) in [6.07, 6.45) is 4.01. The maximum atomic E-state index is 12.8. The summed E-state index contributed by atoms with van der Waals surface area (Å²) in [6, 6.07) is 6.91. The standard InChI is InChI=1S/C17H23N3O2S2.ClH/c1-12-11-23-17(19-12)13-6-4-7-15(9-13)24(21,22)20-16-8-3-2-5-14(16)10-18;/h4,6-7,9,11,14,16,20H,2-3,5,8,10,18H2,1H3;1H. The molecule has 0 aliphatic heterocycles. The number of aryl methyl sites for hydroxylation is 1. The molecule has 2 unspecified atom stereocenters. The number of thiazole rings is 1. The van der Waals surface area contributed by atoms with Gasteiger partial charge in [-0.2, -0.15) is 0 Å². The first-order valence-electron chi connectivity index (χ1n) is 8.24. The van der Waals surface area contributed by atoms with E-state index in [4.69, 9.17) is 5.73 Å². The van der Waals surface area contributed by atoms with E-state index in [-0.39, 0.29) is 29.3 Å². The lowest BCUT2D eigenvalue weighted by atomic mass is 9.85. The summed E-state index contributed by atoms with van der Waals surface area (Å²) in [6.45, 7) is 2.45. The third-order valence-corrected chi connectivity index (χ3v) is 7.03. The zero-order valence-electron chi connectivity index (χ0n) is 14.1. The van der Waals surface area contributed by atoms with Crippen LogP contribution in [0, 0.1) is 12.8 Å². The van der Waals surface area contributed by atoms with E-state index in [1.807, 2.05) is 18.4 Å². The first-order chi connectivity index (χ1) is 11.5. The SMILES string of the molecule is Cc1csc(-c2cccc(S(=O)(=O)NC3CCCCC3CN)c2)n1.Cl. The summed E-state index contributed by atoms with van der Waals surface area (Å²) in [4.78, 5) is 4.72. The van der Waals surface area contributed by atoms with Crippen molar-refractivity contribution in [2.75, 3.05) is 6.54 Å². The number of nitrogens with two attached hydrogens (primary N) is 1. The van der Waals surface area contributed by atoms with Gasteiger partial charge in [0.2, 0.25) is 10.0 Å². The van der Waals surface area contributed by atoms with Crippen LogP contribution in [0.1, 0.15) is 31.4 Å². The van der Waals surface area contributed by atoms with E-state index in [2.05, 4.69) is 9.71 Å². The molecule has 0 amide bonds. The number of nitrogens with zero attached hydrogens (tertiary/aromatic N) is 1. The van der Waals surface area contributed by atoms with Gasteiger partial charge in [0.25, 0.3) is 0 Å². The van der Waals surface area contributed by atoms with Crippen LogP contribution in [0.5, 0.6) is 0 Å². The van der Waals surface area contributed by atoms with Gasteiger partial charge in [0.1, 0.15) is 5.01 Å². The zero-order valence-corrected chi connectivity index (χ0v) is 16.6. The minimum absolute atomic E-state index is 0. The summed E-state index contributed by atoms with van der Waals surface area (Å²) >= 11 is 1.52. The Balaban J connectivity index is 0.00000225. The lowest BCUT2D eigenvalue weighted by Crippen LogP contribution is -2.44. The molecule has 1 aromatic carbocycles. The number of sulfonamides is 1. The van der Waals surface area contributed by atoms with Crippen molar-refractivity contribution in [1.82, 2.24) is 9.71 Å². The largest absolute Gasteiger partial charge is 0.330 e. The maximum absolute atomic E-state index is 12.8. The second-order valence-electron chi connectivity index (χ2n) is 6.33. The molecule has 1 aliphatic rings. The Kier molecular flexibility index (Phi) is 6.99. The Hall–Kier alpha value is -0.990. The zero-order chi connectivity index (χ0) is 17.2. The molecule has 138 valence electrons. The second kappa shape index (κ2) is 8.60. The van der Waals surface area contributed by atoms with Crippen LogP contribution in [0.4, 0.5) is 0 Å². The molecule has 0 spiro atoms. The summed E-state index contributed by atoms with van der Waals surface area (Å²) < 4.78 is 28.4. The molecule has 0 bridgehead atoms. The van der Waals surface area contributed by atoms with Crippen molar-refractivity contribution < 1.29 is 8.42 Å². The Morgan fingerprint density at radius 3 is 2.76 bits per heavy atom. The molecule has 1 aromatic heterocycles. The molecule has 1 aliphatic carbocycles. The second-order valence-corrected chi connectivity index (χ2v) is 8.90. The molecule has 1 saturated carbocycles. The highest BCUT2D eigenvalue weighted by Gasteiger charge is 2.28. The van der Waals surface area contributed by atoms with Crippen molar-refractivity contribution in [3.05, 3.63) is 35.3 Å². The number of aromatic nitrogens is 1. The van der Waals surface area contributed by atoms with Crippen LogP contribution in [0.2, 0.25) is 0 Å². The minimum atomic E-state index is -3.56. The molecule has 3 rings (SSSR count). The number of benzene rings is 1. The summed E-state index contributed by atoms with van der Waals surface area (Å²) in [5.74, 6) is 0.221. The van der Waals surface area contributed by atoms with Crippen molar-refractivity contribution in [3.63, 3.8) is 0 Å². The minimum Gasteiger partial charge on any atom is -0.330 e. The quantitative estimate of drug-likeness (QED) is 0.804. The molecule has 1 fully saturated rings. The van der Waals surface area contributed by atoms with Crippen molar-refractivity contribution in [2.45, 2.75) is 43.5 Å². The normalized spacial score (nSPS) is 20.9. The van der Waals surface area contributed by atoms with E-state index in [9.17, 15) is 8.42 Å². The monoisotopic (exact) mass is 401 g/mol. The first kappa shape index (κ1) is 20.3. The van der Waals surface area contributed by atoms with Gasteiger partial charge < -0.3 is 5.73 Å². The van der Waals surface area contributed by atoms with E-state index < -0.39 is 10.0 Å². The van der Waals surface area contributed by atoms with Crippen LogP contribution in [-0.4, -0.2) is 26.0 Å². The fraction of sp³-hybridized carbons (Fsp3) is 0.471. The average molecular weight is 402 g/mol. The van der Waals surface area contributed by atoms with Crippen LogP contribution in [-0.2, 0) is 10.0 Å². The maximum Gasteiger partial charge on any atom is 0.240 e. The third kappa shape index (κ3) is 4.80. The number of nitrogens with one attached hydrogen (secondary N) is 1. The van der Waals surface area contributed by atoms with Gasteiger partial charge in [0.05, 0.1) is 4.90 Å². The summed E-state index contributed by atoms with van der Waals surface area (Å²) in [5.41, 5.74) is 7.58. The third-order valence-electron chi connectivity index (χ3n) is 4.53. The Morgan fingerprint density at radius 1 is 1.32 bits per heavy atom. The van der Waals surface area contributed by atoms with E-state index in [0.29, 0.717) is 6.54 Å². The van der Waals surface area contributed by atoms with Gasteiger partial charge >= 0.3 is 0 Å². The van der Waals surface area contributed by atoms with Gasteiger partial charge in [0, 0.05) is 22.7 Å². The Labute approximate surface area is 159 Å². The van der Waals surface area contributed by atoms with Crippen LogP contribution in [0.15, 0.2) is 34.5 Å². The number of rotatable bonds is 5. The van der Waals surface area contributed by atoms with Crippen LogP contribution in [0.25, 0.3) is 10.6 Å². The highest BCUT2D eigenvalue weighted by molar-refractivity contribution is 7.89. The predicted molar refractivity (Wildman–Crippen MR) is 105 cm³/mol. The topological polar surface area (TPSA) is 85.1 Å². The molecule has 8 heteroatoms. The molecule has 2 aromatic rings. The van der Waals surface area contributed by atoms with E-state index >= 15 is 0 Å². The van der Waals surface area contributed by atoms with Gasteiger partial charge in [-0.1, -0.05) is 25.0 Å². The molecular weight excluding hydrogens is 378 g/mol. The smallest absolute Gasteiger partial charge is 0.240 e. The molecule has 0 radical (unpaired) electrons. The number of halogens is 1. The van der Waals surface area contributed by atoms with Crippen molar-refractivity contribution >= 4 is 33.8 Å². The van der Waals surface area contributed by atoms with Crippen molar-refractivity contribution in [2.24, 2.45) is 11.7 Å². The highest BCUT2D eigenvalue weighted by atomic mass is 35.5. The fourth-order valence-corrected chi connectivity index (χ4v) is 5.37. The summed E-state index contributed by atoms with van der Waals surface area (Å²) in [5, 5.41) is 2.80. The van der Waals surface area contributed by atoms with Gasteiger partial charge in [-0.25, -0.2) is 18.1 Å². The van der Waals surface area contributed by atoms with Crippen LogP contribution < -0.4 is 10.5 Å². The molecule has 3 N–H and O–H groups in total. The molecule has 25 heavy (non-hydrogen) atoms. The number of hydrogen-bond donors (Lipinski definition) is 2. The van der Waals surface area contributed by atoms with Gasteiger partial charge in [-0.3, -0.25) is 0 Å². The molecular formula is C17H24ClN3O2S2. The Bertz CT molecular complexity index is 808. The van der Waals surface area contributed by atoms with E-state index in [0.717, 1.165) is 41.9 Å². The van der Waals surface area contributed by atoms with Crippen LogP contribution >= 0.6 is 23.7 Å². The molecule has 0 saturated heterocycles. The number of hydrogen-bond acceptors (Lipinski definition) is 5. The molecule has 2 atom stereocenters. The van der Waals surface area contributed by atoms with Gasteiger partial charge in [-0.15, -0.1) is 23.7 Å². The van der Waals surface area contributed by atoms with Crippen molar-refractivity contribution in [3.8, 4) is 10.6 Å². The first-order valence-corrected chi connectivity index (χ1v) is 10.6. The molecule has 5 nitrogen and oxygen atoms in total. The van der Waals surface area contributed by atoms with E-state index in [1.54, 1.807) is 18.2 Å². The predicted octanol–water partition coefficient (Wildman–Crippen LogP) is 3.34. The van der Waals surface area contributed by atoms with E-state index in [1.165, 1.54) is 11.3 Å². The average Bonchev–Trinajstić information content (AvgIpc) is 3.02. The highest BCUT2D eigenvalue weighted by Crippen LogP contribution is 2.28. The lowest BCUT2D eigenvalue weighted by Gasteiger charge is -2.31.